The first-order valence-corrected chi connectivity index (χ1v) is 14.8. The van der Waals surface area contributed by atoms with Gasteiger partial charge in [-0.1, -0.05) is 28.9 Å². The Kier molecular flexibility index (Phi) is 9.95. The standard InChI is InChI=1S/C31H40ClN5O4/c1-21(36-11-14-39-15-12-36)20-37-28-7-6-25(31-22(2)35-41-23(31)3)19-27(28)34-30(37)9-5-24-4-8-29(26(32)18-24)40-17-16-38-13-10-33/h4,6-8,18-19,21H,5,9-17,20,33H2,1-3H3/t21-/m0/s1. The molecular weight excluding hydrogens is 542 g/mol. The molecule has 0 unspecified atom stereocenters. The van der Waals surface area contributed by atoms with Crippen molar-refractivity contribution in [2.45, 2.75) is 46.2 Å². The second-order valence-corrected chi connectivity index (χ2v) is 11.0. The summed E-state index contributed by atoms with van der Waals surface area (Å²) in [5.74, 6) is 2.53. The molecule has 1 aliphatic rings. The maximum Gasteiger partial charge on any atom is 0.141 e. The van der Waals surface area contributed by atoms with Gasteiger partial charge < -0.3 is 29.0 Å². The molecule has 0 aliphatic carbocycles. The first-order chi connectivity index (χ1) is 19.9. The van der Waals surface area contributed by atoms with Crippen LogP contribution in [0.15, 0.2) is 40.9 Å². The molecule has 9 nitrogen and oxygen atoms in total. The molecule has 0 spiro atoms. The number of imidazole rings is 1. The van der Waals surface area contributed by atoms with E-state index in [1.807, 2.05) is 26.0 Å². The smallest absolute Gasteiger partial charge is 0.141 e. The second kappa shape index (κ2) is 13.8. The molecule has 4 aromatic rings. The van der Waals surface area contributed by atoms with Crippen molar-refractivity contribution in [1.82, 2.24) is 19.6 Å². The zero-order valence-electron chi connectivity index (χ0n) is 24.2. The van der Waals surface area contributed by atoms with Crippen molar-refractivity contribution in [3.8, 4) is 16.9 Å². The number of hydrogen-bond acceptors (Lipinski definition) is 8. The van der Waals surface area contributed by atoms with Crippen molar-refractivity contribution in [2.24, 2.45) is 5.73 Å². The average molecular weight is 582 g/mol. The van der Waals surface area contributed by atoms with Crippen LogP contribution in [0, 0.1) is 13.8 Å². The van der Waals surface area contributed by atoms with Crippen LogP contribution in [0.2, 0.25) is 5.02 Å². The van der Waals surface area contributed by atoms with Gasteiger partial charge in [-0.15, -0.1) is 0 Å². The summed E-state index contributed by atoms with van der Waals surface area (Å²) in [6.45, 7) is 12.5. The SMILES string of the molecule is Cc1noc(C)c1-c1ccc2c(c1)nc(CCc1ccc(OCCOCCN)c(Cl)c1)n2C[C@H](C)N1CCOCC1. The van der Waals surface area contributed by atoms with Crippen LogP contribution >= 0.6 is 11.6 Å². The summed E-state index contributed by atoms with van der Waals surface area (Å²) < 4.78 is 24.6. The molecule has 220 valence electrons. The Balaban J connectivity index is 1.36. The molecule has 2 aromatic heterocycles. The van der Waals surface area contributed by atoms with Gasteiger partial charge >= 0.3 is 0 Å². The minimum absolute atomic E-state index is 0.358. The van der Waals surface area contributed by atoms with Gasteiger partial charge in [0.15, 0.2) is 0 Å². The van der Waals surface area contributed by atoms with Crippen LogP contribution in [0.5, 0.6) is 5.75 Å². The highest BCUT2D eigenvalue weighted by atomic mass is 35.5. The monoisotopic (exact) mass is 581 g/mol. The van der Waals surface area contributed by atoms with Gasteiger partial charge in [-0.05, 0) is 62.6 Å². The van der Waals surface area contributed by atoms with Gasteiger partial charge in [-0.3, -0.25) is 4.90 Å². The molecule has 3 heterocycles. The van der Waals surface area contributed by atoms with E-state index in [2.05, 4.69) is 45.8 Å². The maximum absolute atomic E-state index is 6.56. The Labute approximate surface area is 246 Å². The van der Waals surface area contributed by atoms with Gasteiger partial charge in [0.25, 0.3) is 0 Å². The normalized spacial score (nSPS) is 15.0. The molecule has 1 atom stereocenters. The molecule has 0 amide bonds. The van der Waals surface area contributed by atoms with Crippen molar-refractivity contribution in [3.63, 3.8) is 0 Å². The summed E-state index contributed by atoms with van der Waals surface area (Å²) in [4.78, 5) is 7.65. The van der Waals surface area contributed by atoms with E-state index in [0.717, 1.165) is 90.7 Å². The number of benzene rings is 2. The lowest BCUT2D eigenvalue weighted by Gasteiger charge is -2.32. The number of morpholine rings is 1. The van der Waals surface area contributed by atoms with Crippen molar-refractivity contribution >= 4 is 22.6 Å². The van der Waals surface area contributed by atoms with Gasteiger partial charge in [0.05, 0.1) is 48.2 Å². The first kappa shape index (κ1) is 29.5. The number of halogens is 1. The third-order valence-corrected chi connectivity index (χ3v) is 7.94. The van der Waals surface area contributed by atoms with Crippen molar-refractivity contribution < 1.29 is 18.7 Å². The fourth-order valence-corrected chi connectivity index (χ4v) is 5.75. The molecule has 2 aromatic carbocycles. The fraction of sp³-hybridized carbons (Fsp3) is 0.484. The summed E-state index contributed by atoms with van der Waals surface area (Å²) in [6, 6.07) is 12.8. The third-order valence-electron chi connectivity index (χ3n) is 7.65. The zero-order chi connectivity index (χ0) is 28.8. The lowest BCUT2D eigenvalue weighted by molar-refractivity contribution is 0.0170. The third kappa shape index (κ3) is 7.10. The number of rotatable bonds is 13. The predicted molar refractivity (Wildman–Crippen MR) is 161 cm³/mol. The molecule has 2 N–H and O–H groups in total. The lowest BCUT2D eigenvalue weighted by Crippen LogP contribution is -2.44. The van der Waals surface area contributed by atoms with Crippen molar-refractivity contribution in [2.75, 3.05) is 52.7 Å². The van der Waals surface area contributed by atoms with Crippen molar-refractivity contribution in [3.05, 3.63) is 64.3 Å². The molecule has 0 bridgehead atoms. The van der Waals surface area contributed by atoms with Gasteiger partial charge in [0.1, 0.15) is 23.9 Å². The van der Waals surface area contributed by atoms with Gasteiger partial charge in [-0.25, -0.2) is 4.98 Å². The molecule has 1 fully saturated rings. The van der Waals surface area contributed by atoms with Gasteiger partial charge in [0, 0.05) is 44.2 Å². The minimum Gasteiger partial charge on any atom is -0.490 e. The number of fused-ring (bicyclic) bond motifs is 1. The van der Waals surface area contributed by atoms with E-state index < -0.39 is 0 Å². The Morgan fingerprint density at radius 3 is 2.61 bits per heavy atom. The number of ether oxygens (including phenoxy) is 3. The summed E-state index contributed by atoms with van der Waals surface area (Å²) in [5, 5.41) is 4.74. The molecule has 5 rings (SSSR count). The molecule has 10 heteroatoms. The highest BCUT2D eigenvalue weighted by Crippen LogP contribution is 2.31. The topological polar surface area (TPSA) is 101 Å². The second-order valence-electron chi connectivity index (χ2n) is 10.6. The zero-order valence-corrected chi connectivity index (χ0v) is 25.0. The van der Waals surface area contributed by atoms with Crippen LogP contribution in [0.1, 0.15) is 29.8 Å². The number of aromatic nitrogens is 3. The Bertz CT molecular complexity index is 1430. The van der Waals surface area contributed by atoms with E-state index in [-0.39, 0.29) is 0 Å². The lowest BCUT2D eigenvalue weighted by atomic mass is 10.0. The van der Waals surface area contributed by atoms with E-state index in [0.29, 0.717) is 43.2 Å². The van der Waals surface area contributed by atoms with Crippen LogP contribution in [0.3, 0.4) is 0 Å². The average Bonchev–Trinajstić information content (AvgIpc) is 3.50. The Morgan fingerprint density at radius 1 is 1.05 bits per heavy atom. The quantitative estimate of drug-likeness (QED) is 0.224. The molecule has 1 aliphatic heterocycles. The number of aryl methyl sites for hydroxylation is 4. The maximum atomic E-state index is 6.56. The van der Waals surface area contributed by atoms with E-state index >= 15 is 0 Å². The Hall–Kier alpha value is -2.95. The summed E-state index contributed by atoms with van der Waals surface area (Å²) >= 11 is 6.56. The van der Waals surface area contributed by atoms with Gasteiger partial charge in [-0.2, -0.15) is 0 Å². The number of nitrogens with two attached hydrogens (primary N) is 1. The molecule has 41 heavy (non-hydrogen) atoms. The summed E-state index contributed by atoms with van der Waals surface area (Å²) in [6.07, 6.45) is 1.60. The minimum atomic E-state index is 0.358. The summed E-state index contributed by atoms with van der Waals surface area (Å²) in [5.41, 5.74) is 11.7. The van der Waals surface area contributed by atoms with E-state index in [4.69, 9.17) is 41.1 Å². The fourth-order valence-electron chi connectivity index (χ4n) is 5.49. The predicted octanol–water partition coefficient (Wildman–Crippen LogP) is 4.82. The summed E-state index contributed by atoms with van der Waals surface area (Å²) in [7, 11) is 0. The molecular formula is C31H40ClN5O4. The van der Waals surface area contributed by atoms with Crippen LogP contribution in [-0.2, 0) is 28.9 Å². The van der Waals surface area contributed by atoms with E-state index in [9.17, 15) is 0 Å². The van der Waals surface area contributed by atoms with E-state index in [1.165, 1.54) is 0 Å². The van der Waals surface area contributed by atoms with Crippen LogP contribution in [-0.4, -0.2) is 78.3 Å². The van der Waals surface area contributed by atoms with Crippen molar-refractivity contribution in [1.29, 1.82) is 0 Å². The van der Waals surface area contributed by atoms with Gasteiger partial charge in [0.2, 0.25) is 0 Å². The first-order valence-electron chi connectivity index (χ1n) is 14.4. The van der Waals surface area contributed by atoms with Crippen LogP contribution in [0.4, 0.5) is 0 Å². The van der Waals surface area contributed by atoms with Crippen LogP contribution < -0.4 is 10.5 Å². The van der Waals surface area contributed by atoms with Crippen LogP contribution in [0.25, 0.3) is 22.2 Å². The molecule has 0 radical (unpaired) electrons. The Morgan fingerprint density at radius 2 is 1.88 bits per heavy atom. The largest absolute Gasteiger partial charge is 0.490 e. The molecule has 1 saturated heterocycles. The highest BCUT2D eigenvalue weighted by Gasteiger charge is 2.21. The number of nitrogens with zero attached hydrogens (tertiary/aromatic N) is 4. The van der Waals surface area contributed by atoms with E-state index in [1.54, 1.807) is 0 Å². The molecule has 0 saturated carbocycles. The number of hydrogen-bond donors (Lipinski definition) is 1. The highest BCUT2D eigenvalue weighted by molar-refractivity contribution is 6.32.